The van der Waals surface area contributed by atoms with Gasteiger partial charge < -0.3 is 10.2 Å². The first-order chi connectivity index (χ1) is 9.04. The average molecular weight is 299 g/mol. The van der Waals surface area contributed by atoms with E-state index in [1.54, 1.807) is 0 Å². The fourth-order valence-electron chi connectivity index (χ4n) is 1.98. The smallest absolute Gasteiger partial charge is 0.185 e. The molecule has 1 aliphatic heterocycles. The van der Waals surface area contributed by atoms with Gasteiger partial charge in [-0.15, -0.1) is 0 Å². The summed E-state index contributed by atoms with van der Waals surface area (Å²) in [4.78, 5) is 2.30. The maximum absolute atomic E-state index is 5.93. The number of halogens is 1. The molecule has 0 radical (unpaired) electrons. The number of likely N-dealkylation sites (N-methyl/N-ethyl adjacent to an activating group) is 1. The fraction of sp³-hybridized carbons (Fsp3) is 0.462. The molecule has 1 aromatic carbocycles. The van der Waals surface area contributed by atoms with Gasteiger partial charge in [-0.2, -0.15) is 0 Å². The second-order valence-electron chi connectivity index (χ2n) is 4.82. The van der Waals surface area contributed by atoms with Crippen molar-refractivity contribution in [3.63, 3.8) is 0 Å². The number of anilines is 1. The number of nitrogens with zero attached hydrogens (tertiary/aromatic N) is 2. The molecule has 0 aliphatic carbocycles. The number of thiocarbonyl (C=S) groups is 1. The van der Waals surface area contributed by atoms with E-state index in [0.717, 1.165) is 42.5 Å². The summed E-state index contributed by atoms with van der Waals surface area (Å²) >= 11 is 11.3. The molecule has 0 aromatic heterocycles. The van der Waals surface area contributed by atoms with Gasteiger partial charge in [0.15, 0.2) is 5.11 Å². The lowest BCUT2D eigenvalue weighted by atomic mass is 10.2. The third-order valence-electron chi connectivity index (χ3n) is 3.20. The largest absolute Gasteiger partial charge is 0.331 e. The topological polar surface area (TPSA) is 30.5 Å². The molecule has 4 nitrogen and oxygen atoms in total. The van der Waals surface area contributed by atoms with Crippen molar-refractivity contribution >= 4 is 34.6 Å². The van der Waals surface area contributed by atoms with Crippen LogP contribution in [0.1, 0.15) is 5.56 Å². The van der Waals surface area contributed by atoms with E-state index in [4.69, 9.17) is 23.8 Å². The van der Waals surface area contributed by atoms with Gasteiger partial charge >= 0.3 is 0 Å². The number of piperazine rings is 1. The van der Waals surface area contributed by atoms with Crippen molar-refractivity contribution in [2.24, 2.45) is 0 Å². The van der Waals surface area contributed by atoms with Crippen LogP contribution in [-0.4, -0.2) is 48.2 Å². The maximum Gasteiger partial charge on any atom is 0.185 e. The molecule has 1 saturated heterocycles. The van der Waals surface area contributed by atoms with Crippen LogP contribution in [0.15, 0.2) is 18.2 Å². The molecule has 0 atom stereocenters. The minimum atomic E-state index is 0.620. The van der Waals surface area contributed by atoms with Crippen LogP contribution in [0.5, 0.6) is 0 Å². The molecule has 104 valence electrons. The van der Waals surface area contributed by atoms with Gasteiger partial charge in [-0.1, -0.05) is 11.6 Å². The number of hydrogen-bond donors (Lipinski definition) is 2. The van der Waals surface area contributed by atoms with Crippen LogP contribution < -0.4 is 10.7 Å². The second kappa shape index (κ2) is 6.52. The van der Waals surface area contributed by atoms with Gasteiger partial charge in [0.1, 0.15) is 0 Å². The van der Waals surface area contributed by atoms with E-state index in [1.807, 2.05) is 25.1 Å². The van der Waals surface area contributed by atoms with Crippen LogP contribution in [0.2, 0.25) is 5.02 Å². The molecule has 1 fully saturated rings. The number of rotatable bonds is 2. The quantitative estimate of drug-likeness (QED) is 0.817. The minimum Gasteiger partial charge on any atom is -0.331 e. The Balaban J connectivity index is 1.87. The minimum absolute atomic E-state index is 0.620. The van der Waals surface area contributed by atoms with Crippen molar-refractivity contribution < 1.29 is 0 Å². The standard InChI is InChI=1S/C13H19ClN4S/c1-10-9-11(14)3-4-12(10)15-13(19)16-18-7-5-17(2)6-8-18/h3-4,9H,5-8H2,1-2H3,(H2,15,16,19). The van der Waals surface area contributed by atoms with Crippen molar-refractivity contribution in [2.45, 2.75) is 6.92 Å². The van der Waals surface area contributed by atoms with Crippen molar-refractivity contribution in [3.8, 4) is 0 Å². The zero-order valence-electron chi connectivity index (χ0n) is 11.2. The van der Waals surface area contributed by atoms with Crippen LogP contribution in [0.4, 0.5) is 5.69 Å². The highest BCUT2D eigenvalue weighted by molar-refractivity contribution is 7.80. The molecule has 1 aliphatic rings. The average Bonchev–Trinajstić information content (AvgIpc) is 2.36. The highest BCUT2D eigenvalue weighted by Crippen LogP contribution is 2.19. The summed E-state index contributed by atoms with van der Waals surface area (Å²) in [6.45, 7) is 6.05. The van der Waals surface area contributed by atoms with Gasteiger partial charge in [0.05, 0.1) is 0 Å². The first-order valence-electron chi connectivity index (χ1n) is 6.32. The van der Waals surface area contributed by atoms with Crippen LogP contribution >= 0.6 is 23.8 Å². The van der Waals surface area contributed by atoms with Gasteiger partial charge in [-0.05, 0) is 50.0 Å². The van der Waals surface area contributed by atoms with Crippen molar-refractivity contribution in [1.82, 2.24) is 15.3 Å². The maximum atomic E-state index is 5.93. The molecule has 2 N–H and O–H groups in total. The summed E-state index contributed by atoms with van der Waals surface area (Å²) in [7, 11) is 2.13. The number of benzene rings is 1. The SMILES string of the molecule is Cc1cc(Cl)ccc1NC(=S)NN1CCN(C)CC1. The Bertz CT molecular complexity index is 458. The fourth-order valence-corrected chi connectivity index (χ4v) is 2.45. The Hall–Kier alpha value is -0.880. The monoisotopic (exact) mass is 298 g/mol. The molecule has 1 aromatic rings. The third-order valence-corrected chi connectivity index (χ3v) is 3.63. The molecule has 19 heavy (non-hydrogen) atoms. The van der Waals surface area contributed by atoms with Crippen molar-refractivity contribution in [2.75, 3.05) is 38.5 Å². The van der Waals surface area contributed by atoms with E-state index in [0.29, 0.717) is 5.11 Å². The summed E-state index contributed by atoms with van der Waals surface area (Å²) in [5.41, 5.74) is 5.28. The van der Waals surface area contributed by atoms with Crippen LogP contribution in [-0.2, 0) is 0 Å². The molecular weight excluding hydrogens is 280 g/mol. The third kappa shape index (κ3) is 4.31. The molecule has 6 heteroatoms. The Kier molecular flexibility index (Phi) is 4.99. The first kappa shape index (κ1) is 14.5. The van der Waals surface area contributed by atoms with Crippen molar-refractivity contribution in [3.05, 3.63) is 28.8 Å². The zero-order chi connectivity index (χ0) is 13.8. The lowest BCUT2D eigenvalue weighted by Crippen LogP contribution is -2.53. The van der Waals surface area contributed by atoms with E-state index >= 15 is 0 Å². The van der Waals surface area contributed by atoms with Crippen molar-refractivity contribution in [1.29, 1.82) is 0 Å². The van der Waals surface area contributed by atoms with E-state index < -0.39 is 0 Å². The van der Waals surface area contributed by atoms with E-state index in [1.165, 1.54) is 0 Å². The number of aryl methyl sites for hydroxylation is 1. The van der Waals surface area contributed by atoms with Gasteiger partial charge in [-0.25, -0.2) is 5.01 Å². The Morgan fingerprint density at radius 3 is 2.58 bits per heavy atom. The summed E-state index contributed by atoms with van der Waals surface area (Å²) in [5, 5.41) is 6.70. The molecule has 0 unspecified atom stereocenters. The summed E-state index contributed by atoms with van der Waals surface area (Å²) < 4.78 is 0. The molecule has 2 rings (SSSR count). The highest BCUT2D eigenvalue weighted by Gasteiger charge is 2.14. The van der Waals surface area contributed by atoms with Gasteiger partial charge in [0.2, 0.25) is 0 Å². The van der Waals surface area contributed by atoms with Gasteiger partial charge in [-0.3, -0.25) is 5.43 Å². The van der Waals surface area contributed by atoms with Crippen LogP contribution in [0.25, 0.3) is 0 Å². The predicted octanol–water partition coefficient (Wildman–Crippen LogP) is 2.10. The summed E-state index contributed by atoms with van der Waals surface area (Å²) in [6.07, 6.45) is 0. The molecule has 0 spiro atoms. The lowest BCUT2D eigenvalue weighted by molar-refractivity contribution is 0.131. The molecular formula is C13H19ClN4S. The van der Waals surface area contributed by atoms with Crippen LogP contribution in [0.3, 0.4) is 0 Å². The van der Waals surface area contributed by atoms with Gasteiger partial charge in [0, 0.05) is 36.9 Å². The lowest BCUT2D eigenvalue weighted by Gasteiger charge is -2.33. The zero-order valence-corrected chi connectivity index (χ0v) is 12.8. The van der Waals surface area contributed by atoms with E-state index in [2.05, 4.69) is 27.7 Å². The van der Waals surface area contributed by atoms with E-state index in [-0.39, 0.29) is 0 Å². The van der Waals surface area contributed by atoms with E-state index in [9.17, 15) is 0 Å². The Labute approximate surface area is 124 Å². The number of hydrogen-bond acceptors (Lipinski definition) is 3. The predicted molar refractivity (Wildman–Crippen MR) is 84.6 cm³/mol. The Morgan fingerprint density at radius 1 is 1.26 bits per heavy atom. The van der Waals surface area contributed by atoms with Gasteiger partial charge in [0.25, 0.3) is 0 Å². The van der Waals surface area contributed by atoms with Crippen LogP contribution in [0, 0.1) is 6.92 Å². The molecule has 1 heterocycles. The summed E-state index contributed by atoms with van der Waals surface area (Å²) in [5.74, 6) is 0. The second-order valence-corrected chi connectivity index (χ2v) is 5.66. The first-order valence-corrected chi connectivity index (χ1v) is 7.10. The molecule has 0 bridgehead atoms. The molecule has 0 amide bonds. The highest BCUT2D eigenvalue weighted by atomic mass is 35.5. The number of nitrogens with one attached hydrogen (secondary N) is 2. The Morgan fingerprint density at radius 2 is 1.95 bits per heavy atom. The normalized spacial score (nSPS) is 17.2. The number of hydrazine groups is 1. The summed E-state index contributed by atoms with van der Waals surface area (Å²) in [6, 6.07) is 5.72. The molecule has 0 saturated carbocycles.